The van der Waals surface area contributed by atoms with Crippen LogP contribution in [-0.4, -0.2) is 18.4 Å². The number of benzene rings is 1. The van der Waals surface area contributed by atoms with Gasteiger partial charge >= 0.3 is 5.97 Å². The van der Waals surface area contributed by atoms with E-state index in [1.165, 1.54) is 4.88 Å². The number of nitrogens with zero attached hydrogens (tertiary/aromatic N) is 1. The largest absolute Gasteiger partial charge is 0.463 e. The Bertz CT molecular complexity index is 1230. The molecule has 0 saturated heterocycles. The Labute approximate surface area is 220 Å². The van der Waals surface area contributed by atoms with Crippen molar-refractivity contribution in [3.05, 3.63) is 73.3 Å². The normalized spacial score (nSPS) is 20.3. The van der Waals surface area contributed by atoms with Crippen molar-refractivity contribution >= 4 is 44.7 Å². The van der Waals surface area contributed by atoms with Gasteiger partial charge in [-0.2, -0.15) is 0 Å². The van der Waals surface area contributed by atoms with Gasteiger partial charge in [0.2, 0.25) is 0 Å². The Hall–Kier alpha value is -2.38. The van der Waals surface area contributed by atoms with Gasteiger partial charge in [-0.1, -0.05) is 50.5 Å². The highest BCUT2D eigenvalue weighted by molar-refractivity contribution is 9.10. The van der Waals surface area contributed by atoms with Crippen molar-refractivity contribution in [1.29, 1.82) is 0 Å². The zero-order valence-corrected chi connectivity index (χ0v) is 23.6. The molecule has 2 aromatic rings. The molecule has 1 aliphatic carbocycles. The minimum Gasteiger partial charge on any atom is -0.463 e. The minimum absolute atomic E-state index is 0.0455. The SMILES string of the molecule is CCOC(=O)C1=C(N)N(c2ccc(Br)cc2)C2=C(C(=O)CC(C)(C)C2)[C@H]1c1ccc(C(C)(C)C)s1. The molecule has 5 nitrogen and oxygen atoms in total. The van der Waals surface area contributed by atoms with E-state index in [1.807, 2.05) is 35.2 Å². The summed E-state index contributed by atoms with van der Waals surface area (Å²) in [7, 11) is 0. The van der Waals surface area contributed by atoms with E-state index in [4.69, 9.17) is 10.5 Å². The molecule has 1 aliphatic heterocycles. The van der Waals surface area contributed by atoms with Crippen LogP contribution in [0.15, 0.2) is 63.5 Å². The van der Waals surface area contributed by atoms with Gasteiger partial charge in [-0.15, -0.1) is 11.3 Å². The number of Topliss-reactive ketones (excluding diaryl/α,β-unsaturated/α-hetero) is 1. The number of carbonyl (C=O) groups is 2. The summed E-state index contributed by atoms with van der Waals surface area (Å²) in [6.07, 6.45) is 1.10. The van der Waals surface area contributed by atoms with Crippen LogP contribution in [0.2, 0.25) is 0 Å². The predicted molar refractivity (Wildman–Crippen MR) is 145 cm³/mol. The van der Waals surface area contributed by atoms with Crippen molar-refractivity contribution in [2.45, 2.75) is 65.7 Å². The van der Waals surface area contributed by atoms with E-state index in [0.29, 0.717) is 29.8 Å². The maximum Gasteiger partial charge on any atom is 0.338 e. The summed E-state index contributed by atoms with van der Waals surface area (Å²) in [5, 5.41) is 0. The maximum atomic E-state index is 13.8. The van der Waals surface area contributed by atoms with Crippen molar-refractivity contribution in [3.63, 3.8) is 0 Å². The van der Waals surface area contributed by atoms with Crippen LogP contribution in [0.4, 0.5) is 5.69 Å². The molecule has 7 heteroatoms. The van der Waals surface area contributed by atoms with Gasteiger partial charge in [0.25, 0.3) is 0 Å². The Morgan fingerprint density at radius 3 is 2.40 bits per heavy atom. The summed E-state index contributed by atoms with van der Waals surface area (Å²) in [6.45, 7) is 12.7. The van der Waals surface area contributed by atoms with Gasteiger partial charge in [0.1, 0.15) is 5.82 Å². The topological polar surface area (TPSA) is 72.6 Å². The number of thiophene rings is 1. The number of halogens is 1. The first kappa shape index (κ1) is 25.7. The van der Waals surface area contributed by atoms with E-state index in [-0.39, 0.29) is 23.2 Å². The second kappa shape index (κ2) is 9.25. The van der Waals surface area contributed by atoms with Crippen molar-refractivity contribution in [2.24, 2.45) is 11.1 Å². The summed E-state index contributed by atoms with van der Waals surface area (Å²) in [5.74, 6) is -0.637. The molecule has 35 heavy (non-hydrogen) atoms. The fourth-order valence-corrected chi connectivity index (χ4v) is 6.35. The number of esters is 1. The maximum absolute atomic E-state index is 13.8. The summed E-state index contributed by atoms with van der Waals surface area (Å²) in [5.41, 5.74) is 9.25. The fourth-order valence-electron chi connectivity index (χ4n) is 4.90. The number of anilines is 1. The first-order valence-corrected chi connectivity index (χ1v) is 13.5. The molecule has 0 spiro atoms. The molecule has 1 aromatic carbocycles. The monoisotopic (exact) mass is 556 g/mol. The zero-order chi connectivity index (χ0) is 25.7. The molecule has 1 atom stereocenters. The van der Waals surface area contributed by atoms with E-state index in [9.17, 15) is 9.59 Å². The van der Waals surface area contributed by atoms with Gasteiger partial charge in [-0.3, -0.25) is 9.69 Å². The predicted octanol–water partition coefficient (Wildman–Crippen LogP) is 6.79. The number of allylic oxidation sites excluding steroid dienone is 2. The molecule has 0 fully saturated rings. The average molecular weight is 558 g/mol. The molecule has 0 unspecified atom stereocenters. The molecule has 4 rings (SSSR count). The van der Waals surface area contributed by atoms with Crippen LogP contribution in [0, 0.1) is 5.41 Å². The first-order valence-electron chi connectivity index (χ1n) is 11.9. The number of hydrogen-bond acceptors (Lipinski definition) is 6. The lowest BCUT2D eigenvalue weighted by atomic mass is 9.69. The first-order chi connectivity index (χ1) is 16.3. The number of carbonyl (C=O) groups excluding carboxylic acids is 2. The molecular weight excluding hydrogens is 524 g/mol. The molecule has 0 radical (unpaired) electrons. The molecule has 0 bridgehead atoms. The molecule has 2 N–H and O–H groups in total. The van der Waals surface area contributed by atoms with E-state index >= 15 is 0 Å². The van der Waals surface area contributed by atoms with Crippen LogP contribution < -0.4 is 10.6 Å². The standard InChI is InChI=1S/C28H33BrN2O3S/c1-7-34-26(33)24-23(20-12-13-21(35-20)27(2,3)4)22-18(14-28(5,6)15-19(22)32)31(25(24)30)17-10-8-16(29)9-11-17/h8-13,23H,7,14-15,30H2,1-6H3/t23-/m1/s1. The Balaban J connectivity index is 2.00. The second-order valence-electron chi connectivity index (χ2n) is 11.0. The third-order valence-corrected chi connectivity index (χ3v) is 8.60. The summed E-state index contributed by atoms with van der Waals surface area (Å²) >= 11 is 5.13. The third kappa shape index (κ3) is 4.85. The van der Waals surface area contributed by atoms with Gasteiger partial charge in [-0.05, 0) is 60.6 Å². The highest BCUT2D eigenvalue weighted by atomic mass is 79.9. The highest BCUT2D eigenvalue weighted by Gasteiger charge is 2.47. The lowest BCUT2D eigenvalue weighted by molar-refractivity contribution is -0.138. The zero-order valence-electron chi connectivity index (χ0n) is 21.2. The summed E-state index contributed by atoms with van der Waals surface area (Å²) in [4.78, 5) is 31.2. The van der Waals surface area contributed by atoms with Crippen LogP contribution in [0.5, 0.6) is 0 Å². The highest BCUT2D eigenvalue weighted by Crippen LogP contribution is 2.52. The van der Waals surface area contributed by atoms with Crippen LogP contribution >= 0.6 is 27.3 Å². The van der Waals surface area contributed by atoms with Crippen molar-refractivity contribution in [2.75, 3.05) is 11.5 Å². The van der Waals surface area contributed by atoms with E-state index in [1.54, 1.807) is 18.3 Å². The lowest BCUT2D eigenvalue weighted by Gasteiger charge is -2.44. The molecule has 1 aromatic heterocycles. The van der Waals surface area contributed by atoms with Crippen molar-refractivity contribution < 1.29 is 14.3 Å². The lowest BCUT2D eigenvalue weighted by Crippen LogP contribution is -2.43. The van der Waals surface area contributed by atoms with Crippen LogP contribution in [0.3, 0.4) is 0 Å². The molecule has 186 valence electrons. The summed E-state index contributed by atoms with van der Waals surface area (Å²) < 4.78 is 6.43. The molecule has 2 heterocycles. The van der Waals surface area contributed by atoms with E-state index < -0.39 is 11.9 Å². The average Bonchev–Trinajstić information content (AvgIpc) is 3.24. The van der Waals surface area contributed by atoms with E-state index in [0.717, 1.165) is 20.7 Å². The van der Waals surface area contributed by atoms with Gasteiger partial charge in [0.15, 0.2) is 5.78 Å². The Morgan fingerprint density at radius 2 is 1.83 bits per heavy atom. The smallest absolute Gasteiger partial charge is 0.338 e. The minimum atomic E-state index is -0.541. The van der Waals surface area contributed by atoms with Gasteiger partial charge < -0.3 is 10.5 Å². The number of ketones is 1. The van der Waals surface area contributed by atoms with Gasteiger partial charge in [0, 0.05) is 37.6 Å². The van der Waals surface area contributed by atoms with Gasteiger partial charge in [0.05, 0.1) is 18.1 Å². The number of rotatable bonds is 4. The Kier molecular flexibility index (Phi) is 6.79. The third-order valence-electron chi connectivity index (χ3n) is 6.49. The summed E-state index contributed by atoms with van der Waals surface area (Å²) in [6, 6.07) is 11.9. The van der Waals surface area contributed by atoms with Crippen LogP contribution in [0.1, 0.15) is 70.1 Å². The van der Waals surface area contributed by atoms with Crippen LogP contribution in [-0.2, 0) is 19.7 Å². The number of ether oxygens (including phenoxy) is 1. The number of hydrogen-bond donors (Lipinski definition) is 1. The molecule has 2 aliphatic rings. The molecule has 0 amide bonds. The molecular formula is C28H33BrN2O3S. The van der Waals surface area contributed by atoms with Crippen molar-refractivity contribution in [1.82, 2.24) is 0 Å². The van der Waals surface area contributed by atoms with Crippen molar-refractivity contribution in [3.8, 4) is 0 Å². The quantitative estimate of drug-likeness (QED) is 0.419. The Morgan fingerprint density at radius 1 is 1.17 bits per heavy atom. The molecule has 0 saturated carbocycles. The van der Waals surface area contributed by atoms with E-state index in [2.05, 4.69) is 56.6 Å². The second-order valence-corrected chi connectivity index (χ2v) is 13.0. The fraction of sp³-hybridized carbons (Fsp3) is 0.429. The number of nitrogens with two attached hydrogens (primary N) is 1. The van der Waals surface area contributed by atoms with Crippen LogP contribution in [0.25, 0.3) is 0 Å². The van der Waals surface area contributed by atoms with Gasteiger partial charge in [-0.25, -0.2) is 4.79 Å².